The van der Waals surface area contributed by atoms with E-state index in [2.05, 4.69) is 16.0 Å². The third-order valence-electron chi connectivity index (χ3n) is 2.72. The number of nitrogens with one attached hydrogen (secondary N) is 3. The lowest BCUT2D eigenvalue weighted by atomic mass is 10.1. The lowest BCUT2D eigenvalue weighted by Gasteiger charge is -2.10. The molecule has 6 heteroatoms. The van der Waals surface area contributed by atoms with Crippen molar-refractivity contribution in [3.63, 3.8) is 0 Å². The molecular weight excluding hydrogens is 266 g/mol. The molecule has 1 aromatic rings. The molecule has 0 radical (unpaired) electrons. The highest BCUT2D eigenvalue weighted by atomic mass is 35.5. The van der Waals surface area contributed by atoms with Crippen LogP contribution in [0.2, 0.25) is 5.02 Å². The summed E-state index contributed by atoms with van der Waals surface area (Å²) in [5.41, 5.74) is 2.17. The second-order valence-electron chi connectivity index (χ2n) is 4.13. The molecule has 0 spiro atoms. The molecule has 0 saturated carbocycles. The zero-order valence-electron chi connectivity index (χ0n) is 10.4. The molecule has 2 rings (SSSR count). The summed E-state index contributed by atoms with van der Waals surface area (Å²) in [4.78, 5) is 22.7. The molecule has 19 heavy (non-hydrogen) atoms. The highest BCUT2D eigenvalue weighted by molar-refractivity contribution is 6.33. The maximum Gasteiger partial charge on any atom is 0.323 e. The van der Waals surface area contributed by atoms with E-state index in [9.17, 15) is 9.59 Å². The van der Waals surface area contributed by atoms with Crippen molar-refractivity contribution in [2.24, 2.45) is 0 Å². The van der Waals surface area contributed by atoms with Crippen molar-refractivity contribution >= 4 is 29.2 Å². The molecule has 0 bridgehead atoms. The van der Waals surface area contributed by atoms with E-state index in [1.165, 1.54) is 6.08 Å². The Labute approximate surface area is 116 Å². The molecule has 1 heterocycles. The molecule has 0 aliphatic carbocycles. The van der Waals surface area contributed by atoms with Gasteiger partial charge in [0.05, 0.1) is 17.3 Å². The molecule has 1 aliphatic heterocycles. The Morgan fingerprint density at radius 3 is 2.79 bits per heavy atom. The Morgan fingerprint density at radius 1 is 1.42 bits per heavy atom. The molecule has 0 atom stereocenters. The highest BCUT2D eigenvalue weighted by Gasteiger charge is 2.13. The van der Waals surface area contributed by atoms with Crippen LogP contribution in [-0.4, -0.2) is 18.5 Å². The van der Waals surface area contributed by atoms with Crippen LogP contribution in [0.5, 0.6) is 0 Å². The van der Waals surface area contributed by atoms with Crippen molar-refractivity contribution in [3.05, 3.63) is 40.6 Å². The van der Waals surface area contributed by atoms with Crippen LogP contribution in [0.3, 0.4) is 0 Å². The van der Waals surface area contributed by atoms with Crippen LogP contribution in [-0.2, 0) is 11.2 Å². The van der Waals surface area contributed by atoms with Gasteiger partial charge in [0.25, 0.3) is 0 Å². The van der Waals surface area contributed by atoms with Gasteiger partial charge in [0.15, 0.2) is 0 Å². The van der Waals surface area contributed by atoms with Crippen LogP contribution >= 0.6 is 11.6 Å². The Balaban J connectivity index is 1.99. The van der Waals surface area contributed by atoms with Gasteiger partial charge in [0.2, 0.25) is 5.91 Å². The van der Waals surface area contributed by atoms with Gasteiger partial charge in [-0.25, -0.2) is 4.79 Å². The highest BCUT2D eigenvalue weighted by Crippen LogP contribution is 2.23. The topological polar surface area (TPSA) is 70.2 Å². The quantitative estimate of drug-likeness (QED) is 0.792. The van der Waals surface area contributed by atoms with E-state index in [-0.39, 0.29) is 5.91 Å². The summed E-state index contributed by atoms with van der Waals surface area (Å²) in [6.45, 7) is 2.36. The Morgan fingerprint density at radius 2 is 2.21 bits per heavy atom. The van der Waals surface area contributed by atoms with Gasteiger partial charge in [-0.2, -0.15) is 0 Å². The van der Waals surface area contributed by atoms with Gasteiger partial charge in [-0.15, -0.1) is 0 Å². The maximum atomic E-state index is 11.7. The number of carbonyl (C=O) groups excluding carboxylic acids is 2. The summed E-state index contributed by atoms with van der Waals surface area (Å²) < 4.78 is 0. The monoisotopic (exact) mass is 279 g/mol. The summed E-state index contributed by atoms with van der Waals surface area (Å²) in [5.74, 6) is -0.208. The van der Waals surface area contributed by atoms with Gasteiger partial charge in [-0.1, -0.05) is 24.6 Å². The number of aryl methyl sites for hydroxylation is 1. The maximum absolute atomic E-state index is 11.7. The van der Waals surface area contributed by atoms with Crippen LogP contribution in [0.15, 0.2) is 30.0 Å². The SMILES string of the molecule is CCc1ccc(NC(=O)NC2=CC(=O)NC2)c(Cl)c1. The number of benzene rings is 1. The number of hydrogen-bond donors (Lipinski definition) is 3. The summed E-state index contributed by atoms with van der Waals surface area (Å²) in [6.07, 6.45) is 2.23. The number of amides is 3. The van der Waals surface area contributed by atoms with E-state index in [0.29, 0.717) is 23.0 Å². The smallest absolute Gasteiger partial charge is 0.323 e. The Hall–Kier alpha value is -2.01. The van der Waals surface area contributed by atoms with Gasteiger partial charge in [-0.3, -0.25) is 4.79 Å². The molecular formula is C13H14ClN3O2. The summed E-state index contributed by atoms with van der Waals surface area (Å²) in [7, 11) is 0. The minimum atomic E-state index is -0.422. The van der Waals surface area contributed by atoms with E-state index in [4.69, 9.17) is 11.6 Å². The number of carbonyl (C=O) groups is 2. The first-order chi connectivity index (χ1) is 9.08. The average Bonchev–Trinajstić information content (AvgIpc) is 2.77. The Bertz CT molecular complexity index is 555. The fourth-order valence-corrected chi connectivity index (χ4v) is 1.95. The third kappa shape index (κ3) is 3.48. The largest absolute Gasteiger partial charge is 0.347 e. The molecule has 1 aromatic carbocycles. The first-order valence-corrected chi connectivity index (χ1v) is 6.31. The molecule has 3 N–H and O–H groups in total. The molecule has 5 nitrogen and oxygen atoms in total. The Kier molecular flexibility index (Phi) is 4.06. The number of anilines is 1. The molecule has 0 unspecified atom stereocenters. The predicted molar refractivity (Wildman–Crippen MR) is 74.1 cm³/mol. The molecule has 0 aromatic heterocycles. The lowest BCUT2D eigenvalue weighted by molar-refractivity contribution is -0.115. The van der Waals surface area contributed by atoms with Crippen LogP contribution in [0.1, 0.15) is 12.5 Å². The fraction of sp³-hybridized carbons (Fsp3) is 0.231. The van der Waals surface area contributed by atoms with Gasteiger partial charge in [-0.05, 0) is 24.1 Å². The van der Waals surface area contributed by atoms with Crippen molar-refractivity contribution in [1.29, 1.82) is 0 Å². The van der Waals surface area contributed by atoms with Gasteiger partial charge in [0, 0.05) is 11.8 Å². The zero-order valence-corrected chi connectivity index (χ0v) is 11.2. The summed E-state index contributed by atoms with van der Waals surface area (Å²) in [5, 5.41) is 8.28. The van der Waals surface area contributed by atoms with E-state index < -0.39 is 6.03 Å². The lowest BCUT2D eigenvalue weighted by Crippen LogP contribution is -2.30. The van der Waals surface area contributed by atoms with Crippen LogP contribution in [0.25, 0.3) is 0 Å². The molecule has 1 aliphatic rings. The first kappa shape index (κ1) is 13.4. The second-order valence-corrected chi connectivity index (χ2v) is 4.54. The van der Waals surface area contributed by atoms with Crippen LogP contribution in [0.4, 0.5) is 10.5 Å². The van der Waals surface area contributed by atoms with Crippen LogP contribution in [0, 0.1) is 0 Å². The van der Waals surface area contributed by atoms with Gasteiger partial charge in [0.1, 0.15) is 0 Å². The van der Waals surface area contributed by atoms with E-state index in [1.807, 2.05) is 19.1 Å². The van der Waals surface area contributed by atoms with Crippen molar-refractivity contribution in [3.8, 4) is 0 Å². The predicted octanol–water partition coefficient (Wildman–Crippen LogP) is 2.04. The minimum absolute atomic E-state index is 0.208. The molecule has 100 valence electrons. The number of urea groups is 1. The van der Waals surface area contributed by atoms with E-state index in [0.717, 1.165) is 12.0 Å². The number of rotatable bonds is 3. The normalized spacial score (nSPS) is 13.8. The number of halogens is 1. The standard InChI is InChI=1S/C13H14ClN3O2/c1-2-8-3-4-11(10(14)5-8)17-13(19)16-9-6-12(18)15-7-9/h3-6H,2,7H2,1H3,(H,15,18)(H2,16,17,19). The van der Waals surface area contributed by atoms with E-state index in [1.54, 1.807) is 6.07 Å². The van der Waals surface area contributed by atoms with Crippen molar-refractivity contribution in [2.75, 3.05) is 11.9 Å². The van der Waals surface area contributed by atoms with Crippen molar-refractivity contribution in [2.45, 2.75) is 13.3 Å². The molecule has 0 saturated heterocycles. The number of hydrogen-bond acceptors (Lipinski definition) is 2. The molecule has 3 amide bonds. The fourth-order valence-electron chi connectivity index (χ4n) is 1.70. The summed E-state index contributed by atoms with van der Waals surface area (Å²) in [6, 6.07) is 5.06. The summed E-state index contributed by atoms with van der Waals surface area (Å²) >= 11 is 6.07. The van der Waals surface area contributed by atoms with Crippen molar-refractivity contribution in [1.82, 2.24) is 10.6 Å². The zero-order chi connectivity index (χ0) is 13.8. The van der Waals surface area contributed by atoms with Gasteiger partial charge >= 0.3 is 6.03 Å². The van der Waals surface area contributed by atoms with Crippen LogP contribution < -0.4 is 16.0 Å². The molecule has 0 fully saturated rings. The van der Waals surface area contributed by atoms with E-state index >= 15 is 0 Å². The third-order valence-corrected chi connectivity index (χ3v) is 3.04. The average molecular weight is 280 g/mol. The van der Waals surface area contributed by atoms with Crippen molar-refractivity contribution < 1.29 is 9.59 Å². The second kappa shape index (κ2) is 5.75. The first-order valence-electron chi connectivity index (χ1n) is 5.93. The minimum Gasteiger partial charge on any atom is -0.347 e. The van der Waals surface area contributed by atoms with Gasteiger partial charge < -0.3 is 16.0 Å².